The maximum absolute atomic E-state index is 13.5. The molecule has 176 valence electrons. The molecule has 9 nitrogen and oxygen atoms in total. The molecule has 0 heterocycles. The van der Waals surface area contributed by atoms with Gasteiger partial charge in [-0.3, -0.25) is 28.9 Å². The second-order valence-corrected chi connectivity index (χ2v) is 9.30. The Labute approximate surface area is 190 Å². The minimum atomic E-state index is -2.61. The standard InChI is InChI=1S/C24H28N2O7/c1-3-26(4-2)10-11-5-6-15(27)18-14(11)8-12-7-13-9-16(28)19(23(25)32)22(31)24(13,33)21(30)17(12)20(18)29/h5-6,12-13,17,19,27,33H,3-4,7-10H2,1-2H3,(H2,25,32)/t12-,13+,17?,19?,24+/m1/s1. The van der Waals surface area contributed by atoms with Gasteiger partial charge in [0.1, 0.15) is 5.75 Å². The van der Waals surface area contributed by atoms with Gasteiger partial charge in [-0.15, -0.1) is 0 Å². The molecule has 2 fully saturated rings. The molecular formula is C24H28N2O7. The second-order valence-electron chi connectivity index (χ2n) is 9.30. The Morgan fingerprint density at radius 1 is 1.12 bits per heavy atom. The molecule has 0 saturated heterocycles. The smallest absolute Gasteiger partial charge is 0.235 e. The Bertz CT molecular complexity index is 1080. The van der Waals surface area contributed by atoms with Gasteiger partial charge in [0, 0.05) is 18.9 Å². The fourth-order valence-corrected chi connectivity index (χ4v) is 5.87. The predicted octanol–water partition coefficient (Wildman–Crippen LogP) is 0.169. The molecule has 1 amide bonds. The van der Waals surface area contributed by atoms with E-state index in [2.05, 4.69) is 4.90 Å². The number of nitrogens with two attached hydrogens (primary N) is 1. The van der Waals surface area contributed by atoms with Crippen molar-refractivity contribution in [2.45, 2.75) is 45.3 Å². The van der Waals surface area contributed by atoms with Gasteiger partial charge in [-0.25, -0.2) is 0 Å². The summed E-state index contributed by atoms with van der Waals surface area (Å²) in [6.07, 6.45) is 0.0658. The maximum atomic E-state index is 13.5. The molecule has 0 aliphatic heterocycles. The molecule has 5 atom stereocenters. The summed E-state index contributed by atoms with van der Waals surface area (Å²) in [4.78, 5) is 66.1. The minimum absolute atomic E-state index is 0.0436. The van der Waals surface area contributed by atoms with Gasteiger partial charge in [0.25, 0.3) is 0 Å². The monoisotopic (exact) mass is 456 g/mol. The number of aromatic hydroxyl groups is 1. The highest BCUT2D eigenvalue weighted by atomic mass is 16.3. The first-order valence-corrected chi connectivity index (χ1v) is 11.3. The highest BCUT2D eigenvalue weighted by Crippen LogP contribution is 2.50. The van der Waals surface area contributed by atoms with Crippen molar-refractivity contribution in [1.82, 2.24) is 4.90 Å². The number of rotatable bonds is 5. The van der Waals surface area contributed by atoms with Crippen LogP contribution in [0.25, 0.3) is 0 Å². The number of primary amides is 1. The zero-order chi connectivity index (χ0) is 24.2. The van der Waals surface area contributed by atoms with Crippen molar-refractivity contribution in [2.75, 3.05) is 13.1 Å². The maximum Gasteiger partial charge on any atom is 0.235 e. The largest absolute Gasteiger partial charge is 0.507 e. The molecule has 3 aliphatic carbocycles. The molecule has 1 aromatic rings. The average molecular weight is 456 g/mol. The molecule has 3 aliphatic rings. The van der Waals surface area contributed by atoms with Gasteiger partial charge in [0.15, 0.2) is 34.7 Å². The quantitative estimate of drug-likeness (QED) is 0.530. The van der Waals surface area contributed by atoms with Crippen molar-refractivity contribution < 1.29 is 34.2 Å². The van der Waals surface area contributed by atoms with Crippen molar-refractivity contribution >= 4 is 29.0 Å². The van der Waals surface area contributed by atoms with Gasteiger partial charge in [-0.1, -0.05) is 19.9 Å². The molecule has 0 radical (unpaired) electrons. The Kier molecular flexibility index (Phi) is 5.74. The van der Waals surface area contributed by atoms with Crippen LogP contribution in [-0.2, 0) is 32.1 Å². The van der Waals surface area contributed by atoms with Crippen LogP contribution >= 0.6 is 0 Å². The van der Waals surface area contributed by atoms with E-state index in [1.807, 2.05) is 13.8 Å². The SMILES string of the molecule is CCN(CC)Cc1ccc(O)c2c1C[C@H]1C[C@H]3CC(=O)C(C(N)=O)C(=O)[C@@]3(O)C(=O)C1C2=O. The number of hydrogen-bond donors (Lipinski definition) is 3. The summed E-state index contributed by atoms with van der Waals surface area (Å²) in [5, 5.41) is 21.7. The second kappa shape index (κ2) is 8.14. The Balaban J connectivity index is 1.77. The molecule has 2 saturated carbocycles. The molecule has 4 rings (SSSR count). The normalized spacial score (nSPS) is 31.3. The first kappa shape index (κ1) is 23.3. The Hall–Kier alpha value is -2.91. The zero-order valence-corrected chi connectivity index (χ0v) is 18.7. The number of nitrogens with zero attached hydrogens (tertiary/aromatic N) is 1. The lowest BCUT2D eigenvalue weighted by molar-refractivity contribution is -0.175. The molecule has 0 spiro atoms. The Morgan fingerprint density at radius 2 is 1.79 bits per heavy atom. The number of amides is 1. The number of carbonyl (C=O) groups excluding carboxylic acids is 5. The number of benzene rings is 1. The van der Waals surface area contributed by atoms with Crippen LogP contribution in [0.3, 0.4) is 0 Å². The minimum Gasteiger partial charge on any atom is -0.507 e. The van der Waals surface area contributed by atoms with E-state index in [1.54, 1.807) is 6.07 Å². The fraction of sp³-hybridized carbons (Fsp3) is 0.542. The molecule has 0 aromatic heterocycles. The van der Waals surface area contributed by atoms with Crippen molar-refractivity contribution in [2.24, 2.45) is 29.4 Å². The van der Waals surface area contributed by atoms with E-state index in [4.69, 9.17) is 5.73 Å². The topological polar surface area (TPSA) is 155 Å². The number of carbonyl (C=O) groups is 5. The number of phenolic OH excluding ortho intramolecular Hbond substituents is 1. The van der Waals surface area contributed by atoms with Crippen LogP contribution in [0.1, 0.15) is 48.2 Å². The van der Waals surface area contributed by atoms with Crippen molar-refractivity contribution in [3.05, 3.63) is 28.8 Å². The zero-order valence-electron chi connectivity index (χ0n) is 18.7. The lowest BCUT2D eigenvalue weighted by atomic mass is 9.53. The predicted molar refractivity (Wildman–Crippen MR) is 115 cm³/mol. The van der Waals surface area contributed by atoms with E-state index in [-0.39, 0.29) is 24.2 Å². The van der Waals surface area contributed by atoms with Gasteiger partial charge in [-0.05, 0) is 49.0 Å². The summed E-state index contributed by atoms with van der Waals surface area (Å²) in [5.41, 5.74) is 4.15. The first-order valence-electron chi connectivity index (χ1n) is 11.3. The number of hydrogen-bond acceptors (Lipinski definition) is 8. The van der Waals surface area contributed by atoms with Crippen molar-refractivity contribution in [3.63, 3.8) is 0 Å². The summed E-state index contributed by atoms with van der Waals surface area (Å²) < 4.78 is 0. The van der Waals surface area contributed by atoms with E-state index >= 15 is 0 Å². The van der Waals surface area contributed by atoms with E-state index in [0.717, 1.165) is 18.7 Å². The summed E-state index contributed by atoms with van der Waals surface area (Å²) in [6.45, 7) is 6.21. The number of aliphatic hydroxyl groups is 1. The van der Waals surface area contributed by atoms with Crippen molar-refractivity contribution in [3.8, 4) is 5.75 Å². The third-order valence-electron chi connectivity index (χ3n) is 7.67. The molecule has 33 heavy (non-hydrogen) atoms. The van der Waals surface area contributed by atoms with Gasteiger partial charge in [-0.2, -0.15) is 0 Å². The van der Waals surface area contributed by atoms with Crippen LogP contribution in [0.4, 0.5) is 0 Å². The molecule has 4 N–H and O–H groups in total. The molecule has 2 unspecified atom stereocenters. The van der Waals surface area contributed by atoms with E-state index in [0.29, 0.717) is 18.5 Å². The van der Waals surface area contributed by atoms with Gasteiger partial charge < -0.3 is 15.9 Å². The Morgan fingerprint density at radius 3 is 2.39 bits per heavy atom. The van der Waals surface area contributed by atoms with E-state index in [9.17, 15) is 34.2 Å². The average Bonchev–Trinajstić information content (AvgIpc) is 2.75. The molecule has 9 heteroatoms. The molecule has 0 bridgehead atoms. The van der Waals surface area contributed by atoms with Crippen LogP contribution in [-0.4, -0.2) is 62.8 Å². The van der Waals surface area contributed by atoms with Crippen LogP contribution in [0.15, 0.2) is 12.1 Å². The summed E-state index contributed by atoms with van der Waals surface area (Å²) in [6, 6.07) is 3.19. The molecular weight excluding hydrogens is 428 g/mol. The van der Waals surface area contributed by atoms with E-state index in [1.165, 1.54) is 6.07 Å². The third-order valence-corrected chi connectivity index (χ3v) is 7.67. The van der Waals surface area contributed by atoms with Crippen LogP contribution in [0.5, 0.6) is 5.75 Å². The van der Waals surface area contributed by atoms with E-state index < -0.39 is 58.3 Å². The van der Waals surface area contributed by atoms with Crippen molar-refractivity contribution in [1.29, 1.82) is 0 Å². The summed E-state index contributed by atoms with van der Waals surface area (Å²) >= 11 is 0. The van der Waals surface area contributed by atoms with Gasteiger partial charge in [0.05, 0.1) is 11.5 Å². The molecule has 1 aromatic carbocycles. The highest BCUT2D eigenvalue weighted by Gasteiger charge is 2.66. The van der Waals surface area contributed by atoms with Crippen LogP contribution < -0.4 is 5.73 Å². The van der Waals surface area contributed by atoms with Crippen LogP contribution in [0, 0.1) is 23.7 Å². The summed E-state index contributed by atoms with van der Waals surface area (Å²) in [7, 11) is 0. The number of fused-ring (bicyclic) bond motifs is 3. The highest BCUT2D eigenvalue weighted by molar-refractivity contribution is 6.31. The number of phenols is 1. The van der Waals surface area contributed by atoms with Gasteiger partial charge in [0.2, 0.25) is 5.91 Å². The third kappa shape index (κ3) is 3.33. The van der Waals surface area contributed by atoms with Gasteiger partial charge >= 0.3 is 0 Å². The summed E-state index contributed by atoms with van der Waals surface area (Å²) in [5.74, 6) is -9.83. The first-order chi connectivity index (χ1) is 15.6. The van der Waals surface area contributed by atoms with Crippen LogP contribution in [0.2, 0.25) is 0 Å². The lowest BCUT2D eigenvalue weighted by Gasteiger charge is -2.48. The lowest BCUT2D eigenvalue weighted by Crippen LogP contribution is -2.68. The number of ketones is 4. The fourth-order valence-electron chi connectivity index (χ4n) is 5.87. The number of Topliss-reactive ketones (excluding diaryl/α,β-unsaturated/α-hetero) is 4.